The van der Waals surface area contributed by atoms with E-state index < -0.39 is 11.9 Å². The number of carbonyl (C=O) groups excluding carboxylic acids is 2. The number of phenols is 1. The van der Waals surface area contributed by atoms with Crippen LogP contribution in [0.4, 0.5) is 0 Å². The van der Waals surface area contributed by atoms with E-state index in [2.05, 4.69) is 13.8 Å². The van der Waals surface area contributed by atoms with Gasteiger partial charge in [0, 0.05) is 6.07 Å². The van der Waals surface area contributed by atoms with Gasteiger partial charge in [-0.05, 0) is 44.0 Å². The molecule has 0 saturated carbocycles. The molecular weight excluding hydrogens is 480 g/mol. The summed E-state index contributed by atoms with van der Waals surface area (Å²) in [6.07, 6.45) is 13.6. The summed E-state index contributed by atoms with van der Waals surface area (Å²) >= 11 is 0. The summed E-state index contributed by atoms with van der Waals surface area (Å²) in [6, 6.07) is 13.5. The summed E-state index contributed by atoms with van der Waals surface area (Å²) in [6.45, 7) is 7.71. The van der Waals surface area contributed by atoms with Gasteiger partial charge in [-0.3, -0.25) is 0 Å². The predicted molar refractivity (Wildman–Crippen MR) is 153 cm³/mol. The van der Waals surface area contributed by atoms with Crippen molar-refractivity contribution in [2.75, 3.05) is 19.8 Å². The molecule has 0 saturated heterocycles. The van der Waals surface area contributed by atoms with Crippen molar-refractivity contribution in [2.24, 2.45) is 0 Å². The monoisotopic (exact) mass is 528 g/mol. The molecule has 0 aliphatic carbocycles. The highest BCUT2D eigenvalue weighted by Gasteiger charge is 2.18. The summed E-state index contributed by atoms with van der Waals surface area (Å²) in [4.78, 5) is 24.7. The van der Waals surface area contributed by atoms with Crippen molar-refractivity contribution in [1.82, 2.24) is 0 Å². The maximum absolute atomic E-state index is 12.4. The van der Waals surface area contributed by atoms with Gasteiger partial charge in [-0.2, -0.15) is 0 Å². The Morgan fingerprint density at radius 2 is 1.11 bits per heavy atom. The van der Waals surface area contributed by atoms with E-state index in [1.165, 1.54) is 51.4 Å². The number of hydrogen-bond donors (Lipinski definition) is 1. The van der Waals surface area contributed by atoms with Crippen molar-refractivity contribution in [3.63, 3.8) is 0 Å². The standard InChI is InChI=1S/C24H38O4.C8H10O2/c1-3-5-7-9-11-15-19-27-23(25)21-17-13-14-18-22(21)24(26)28-20-16-12-10-8-6-4-2;1-2-10-8-5-3-4-7(9)6-8/h13-14,17-18H,3-12,15-16,19-20H2,1-2H3;3-6,9H,2H2,1H3. The van der Waals surface area contributed by atoms with Crippen molar-refractivity contribution in [1.29, 1.82) is 0 Å². The van der Waals surface area contributed by atoms with Gasteiger partial charge in [0.1, 0.15) is 11.5 Å². The summed E-state index contributed by atoms with van der Waals surface area (Å²) < 4.78 is 15.8. The summed E-state index contributed by atoms with van der Waals surface area (Å²) in [5, 5.41) is 8.96. The smallest absolute Gasteiger partial charge is 0.339 e. The van der Waals surface area contributed by atoms with Crippen LogP contribution in [-0.2, 0) is 9.47 Å². The van der Waals surface area contributed by atoms with E-state index in [-0.39, 0.29) is 5.75 Å². The Labute approximate surface area is 229 Å². The molecule has 0 fully saturated rings. The van der Waals surface area contributed by atoms with Crippen LogP contribution in [0.15, 0.2) is 48.5 Å². The number of rotatable bonds is 18. The second kappa shape index (κ2) is 22.0. The van der Waals surface area contributed by atoms with Gasteiger partial charge < -0.3 is 19.3 Å². The minimum Gasteiger partial charge on any atom is -0.508 e. The molecule has 0 unspecified atom stereocenters. The van der Waals surface area contributed by atoms with Crippen LogP contribution in [0, 0.1) is 0 Å². The second-order valence-electron chi connectivity index (χ2n) is 9.28. The van der Waals surface area contributed by atoms with Crippen LogP contribution < -0.4 is 4.74 Å². The van der Waals surface area contributed by atoms with Crippen molar-refractivity contribution in [3.8, 4) is 11.5 Å². The highest BCUT2D eigenvalue weighted by molar-refractivity contribution is 6.03. The molecule has 6 nitrogen and oxygen atoms in total. The summed E-state index contributed by atoms with van der Waals surface area (Å²) in [5.74, 6) is 0.0646. The number of unbranched alkanes of at least 4 members (excludes halogenated alkanes) is 10. The van der Waals surface area contributed by atoms with Crippen LogP contribution in [0.1, 0.15) is 119 Å². The van der Waals surface area contributed by atoms with Gasteiger partial charge in [0.15, 0.2) is 0 Å². The van der Waals surface area contributed by atoms with Gasteiger partial charge in [-0.1, -0.05) is 96.3 Å². The first-order valence-electron chi connectivity index (χ1n) is 14.4. The predicted octanol–water partition coefficient (Wildman–Crippen LogP) is 8.51. The molecule has 0 aliphatic rings. The van der Waals surface area contributed by atoms with Crippen molar-refractivity contribution in [2.45, 2.75) is 97.8 Å². The SMILES string of the molecule is CCCCCCCCOC(=O)c1ccccc1C(=O)OCCCCCCCC.CCOc1cccc(O)c1. The summed E-state index contributed by atoms with van der Waals surface area (Å²) in [5.41, 5.74) is 0.586. The number of benzene rings is 2. The fraction of sp³-hybridized carbons (Fsp3) is 0.562. The van der Waals surface area contributed by atoms with Gasteiger partial charge in [0.25, 0.3) is 0 Å². The number of hydrogen-bond acceptors (Lipinski definition) is 6. The molecule has 38 heavy (non-hydrogen) atoms. The van der Waals surface area contributed by atoms with Crippen molar-refractivity contribution >= 4 is 11.9 Å². The average molecular weight is 529 g/mol. The number of ether oxygens (including phenoxy) is 3. The average Bonchev–Trinajstić information content (AvgIpc) is 2.92. The molecule has 0 bridgehead atoms. The fourth-order valence-corrected chi connectivity index (χ4v) is 3.83. The number of aromatic hydroxyl groups is 1. The molecule has 2 aromatic rings. The normalized spacial score (nSPS) is 10.3. The lowest BCUT2D eigenvalue weighted by Gasteiger charge is -2.10. The minimum absolute atomic E-state index is 0.242. The lowest BCUT2D eigenvalue weighted by Crippen LogP contribution is -2.15. The van der Waals surface area contributed by atoms with Crippen molar-refractivity contribution in [3.05, 3.63) is 59.7 Å². The van der Waals surface area contributed by atoms with E-state index in [9.17, 15) is 9.59 Å². The first-order valence-corrected chi connectivity index (χ1v) is 14.4. The third-order valence-electron chi connectivity index (χ3n) is 5.96. The molecule has 0 radical (unpaired) electrons. The minimum atomic E-state index is -0.444. The van der Waals surface area contributed by atoms with E-state index in [0.29, 0.717) is 36.7 Å². The quantitative estimate of drug-likeness (QED) is 0.154. The maximum Gasteiger partial charge on any atom is 0.339 e. The third-order valence-corrected chi connectivity index (χ3v) is 5.96. The molecule has 1 N–H and O–H groups in total. The number of carbonyl (C=O) groups is 2. The fourth-order valence-electron chi connectivity index (χ4n) is 3.83. The van der Waals surface area contributed by atoms with Gasteiger partial charge in [-0.15, -0.1) is 0 Å². The van der Waals surface area contributed by atoms with Crippen LogP contribution in [-0.4, -0.2) is 36.9 Å². The zero-order valence-electron chi connectivity index (χ0n) is 23.7. The van der Waals surface area contributed by atoms with Crippen LogP contribution in [0.3, 0.4) is 0 Å². The van der Waals surface area contributed by atoms with E-state index >= 15 is 0 Å². The summed E-state index contributed by atoms with van der Waals surface area (Å²) in [7, 11) is 0. The first-order chi connectivity index (χ1) is 18.5. The molecule has 2 aromatic carbocycles. The van der Waals surface area contributed by atoms with Crippen LogP contribution in [0.2, 0.25) is 0 Å². The number of phenolic OH excluding ortho intramolecular Hbond substituents is 1. The van der Waals surface area contributed by atoms with Crippen molar-refractivity contribution < 1.29 is 28.9 Å². The molecule has 2 rings (SSSR count). The van der Waals surface area contributed by atoms with Crippen LogP contribution in [0.5, 0.6) is 11.5 Å². The highest BCUT2D eigenvalue weighted by atomic mass is 16.5. The molecule has 0 heterocycles. The molecule has 0 spiro atoms. The van der Waals surface area contributed by atoms with Gasteiger partial charge >= 0.3 is 11.9 Å². The zero-order valence-corrected chi connectivity index (χ0v) is 23.7. The Morgan fingerprint density at radius 3 is 1.55 bits per heavy atom. The van der Waals surface area contributed by atoms with Crippen LogP contribution in [0.25, 0.3) is 0 Å². The Morgan fingerprint density at radius 1 is 0.632 bits per heavy atom. The van der Waals surface area contributed by atoms with E-state index in [0.717, 1.165) is 25.7 Å². The van der Waals surface area contributed by atoms with Crippen LogP contribution >= 0.6 is 0 Å². The van der Waals surface area contributed by atoms with Gasteiger partial charge in [0.05, 0.1) is 30.9 Å². The highest BCUT2D eigenvalue weighted by Crippen LogP contribution is 2.17. The van der Waals surface area contributed by atoms with E-state index in [4.69, 9.17) is 19.3 Å². The molecule has 212 valence electrons. The lowest BCUT2D eigenvalue weighted by molar-refractivity contribution is 0.0450. The van der Waals surface area contributed by atoms with E-state index in [1.807, 2.05) is 13.0 Å². The molecule has 6 heteroatoms. The lowest BCUT2D eigenvalue weighted by atomic mass is 10.1. The Hall–Kier alpha value is -3.02. The van der Waals surface area contributed by atoms with E-state index in [1.54, 1.807) is 42.5 Å². The Kier molecular flexibility index (Phi) is 19.1. The molecule has 0 atom stereocenters. The maximum atomic E-state index is 12.4. The second-order valence-corrected chi connectivity index (χ2v) is 9.28. The van der Waals surface area contributed by atoms with Gasteiger partial charge in [0.2, 0.25) is 0 Å². The molecule has 0 amide bonds. The molecule has 0 aliphatic heterocycles. The first kappa shape index (κ1) is 33.0. The molecule has 0 aromatic heterocycles. The zero-order chi connectivity index (χ0) is 27.8. The largest absolute Gasteiger partial charge is 0.508 e. The Bertz CT molecular complexity index is 846. The number of esters is 2. The third kappa shape index (κ3) is 15.3. The topological polar surface area (TPSA) is 82.1 Å². The Balaban J connectivity index is 0.000000600. The van der Waals surface area contributed by atoms with Gasteiger partial charge in [-0.25, -0.2) is 9.59 Å². The molecular formula is C32H48O6.